The zero-order chi connectivity index (χ0) is 28.8. The lowest BCUT2D eigenvalue weighted by Gasteiger charge is -2.27. The molecule has 0 radical (unpaired) electrons. The molecule has 2 heterocycles. The molecule has 0 bridgehead atoms. The summed E-state index contributed by atoms with van der Waals surface area (Å²) in [4.78, 5) is 32.8. The molecule has 0 aliphatic carbocycles. The van der Waals surface area contributed by atoms with Crippen molar-refractivity contribution in [2.45, 2.75) is 39.7 Å². The zero-order valence-corrected chi connectivity index (χ0v) is 24.4. The van der Waals surface area contributed by atoms with Crippen LogP contribution >= 0.6 is 11.3 Å². The van der Waals surface area contributed by atoms with Crippen LogP contribution in [0.1, 0.15) is 50.8 Å². The SMILES string of the molecule is CCCC1=C(C(=O)OCC)[C@@H](c2cc(OC)ccc2OC)n2c(s/c(=C\c3ccc(OCC)c(OC)c3)c2=O)=N1. The maximum absolute atomic E-state index is 14.0. The summed E-state index contributed by atoms with van der Waals surface area (Å²) >= 11 is 1.26. The van der Waals surface area contributed by atoms with Crippen LogP contribution < -0.4 is 33.8 Å². The van der Waals surface area contributed by atoms with Gasteiger partial charge in [-0.3, -0.25) is 9.36 Å². The quantitative estimate of drug-likeness (QED) is 0.324. The number of hydrogen-bond acceptors (Lipinski definition) is 9. The minimum absolute atomic E-state index is 0.188. The van der Waals surface area contributed by atoms with Crippen LogP contribution in [0.3, 0.4) is 0 Å². The number of allylic oxidation sites excluding steroid dienone is 1. The van der Waals surface area contributed by atoms with E-state index >= 15 is 0 Å². The highest BCUT2D eigenvalue weighted by Gasteiger charge is 2.36. The number of benzene rings is 2. The van der Waals surface area contributed by atoms with Crippen molar-refractivity contribution in [2.24, 2.45) is 4.99 Å². The van der Waals surface area contributed by atoms with Crippen molar-refractivity contribution >= 4 is 23.4 Å². The summed E-state index contributed by atoms with van der Waals surface area (Å²) in [5.41, 5.74) is 1.98. The minimum Gasteiger partial charge on any atom is -0.497 e. The Morgan fingerprint density at radius 1 is 0.975 bits per heavy atom. The molecule has 3 aromatic rings. The number of esters is 1. The standard InChI is InChI=1S/C30H34N2O7S/c1-7-10-21-26(29(34)39-9-3)27(20-17-19(35-4)12-14-22(20)36-5)32-28(33)25(40-30(32)31-21)16-18-11-13-23(38-8-2)24(15-18)37-6/h11-17,27H,7-10H2,1-6H3/b25-16-/t27-/m1/s1. The van der Waals surface area contributed by atoms with E-state index in [4.69, 9.17) is 28.7 Å². The van der Waals surface area contributed by atoms with Crippen molar-refractivity contribution in [3.05, 3.63) is 78.5 Å². The number of rotatable bonds is 11. The average molecular weight is 567 g/mol. The highest BCUT2D eigenvalue weighted by Crippen LogP contribution is 2.38. The topological polar surface area (TPSA) is 97.6 Å². The van der Waals surface area contributed by atoms with Crippen LogP contribution in [0, 0.1) is 0 Å². The number of carbonyl (C=O) groups excluding carboxylic acids is 1. The first-order valence-corrected chi connectivity index (χ1v) is 14.0. The molecular weight excluding hydrogens is 532 g/mol. The first-order chi connectivity index (χ1) is 19.4. The molecular formula is C30H34N2O7S. The normalized spacial score (nSPS) is 14.8. The summed E-state index contributed by atoms with van der Waals surface area (Å²) < 4.78 is 29.8. The summed E-state index contributed by atoms with van der Waals surface area (Å²) in [7, 11) is 4.69. The largest absolute Gasteiger partial charge is 0.497 e. The monoisotopic (exact) mass is 566 g/mol. The van der Waals surface area contributed by atoms with Crippen molar-refractivity contribution in [1.82, 2.24) is 4.57 Å². The molecule has 10 heteroatoms. The summed E-state index contributed by atoms with van der Waals surface area (Å²) in [6, 6.07) is 9.99. The fraction of sp³-hybridized carbons (Fsp3) is 0.367. The molecule has 4 rings (SSSR count). The van der Waals surface area contributed by atoms with Gasteiger partial charge in [0.15, 0.2) is 16.3 Å². The van der Waals surface area contributed by atoms with Crippen molar-refractivity contribution < 1.29 is 28.5 Å². The first-order valence-electron chi connectivity index (χ1n) is 13.1. The van der Waals surface area contributed by atoms with Gasteiger partial charge in [-0.05, 0) is 62.2 Å². The van der Waals surface area contributed by atoms with E-state index in [1.54, 1.807) is 57.1 Å². The summed E-state index contributed by atoms with van der Waals surface area (Å²) in [5, 5.41) is 0. The highest BCUT2D eigenvalue weighted by atomic mass is 32.1. The van der Waals surface area contributed by atoms with Gasteiger partial charge >= 0.3 is 5.97 Å². The fourth-order valence-corrected chi connectivity index (χ4v) is 5.69. The Morgan fingerprint density at radius 2 is 1.73 bits per heavy atom. The second-order valence-corrected chi connectivity index (χ2v) is 9.87. The van der Waals surface area contributed by atoms with E-state index < -0.39 is 12.0 Å². The van der Waals surface area contributed by atoms with Crippen LogP contribution in [0.4, 0.5) is 0 Å². The van der Waals surface area contributed by atoms with Crippen molar-refractivity contribution in [1.29, 1.82) is 0 Å². The molecule has 0 fully saturated rings. The lowest BCUT2D eigenvalue weighted by molar-refractivity contribution is -0.139. The van der Waals surface area contributed by atoms with E-state index in [2.05, 4.69) is 0 Å². The van der Waals surface area contributed by atoms with Gasteiger partial charge in [0.2, 0.25) is 0 Å². The number of ether oxygens (including phenoxy) is 5. The van der Waals surface area contributed by atoms with E-state index in [-0.39, 0.29) is 12.2 Å². The van der Waals surface area contributed by atoms with Crippen LogP contribution in [-0.4, -0.2) is 45.1 Å². The number of methoxy groups -OCH3 is 3. The smallest absolute Gasteiger partial charge is 0.338 e. The van der Waals surface area contributed by atoms with Crippen molar-refractivity contribution in [2.75, 3.05) is 34.5 Å². The van der Waals surface area contributed by atoms with Crippen LogP contribution in [-0.2, 0) is 9.53 Å². The van der Waals surface area contributed by atoms with Gasteiger partial charge in [-0.2, -0.15) is 0 Å². The van der Waals surface area contributed by atoms with E-state index in [0.717, 1.165) is 12.0 Å². The van der Waals surface area contributed by atoms with E-state index in [1.165, 1.54) is 11.3 Å². The Balaban J connectivity index is 2.01. The molecule has 0 N–H and O–H groups in total. The highest BCUT2D eigenvalue weighted by molar-refractivity contribution is 7.07. The third kappa shape index (κ3) is 5.62. The van der Waals surface area contributed by atoms with Gasteiger partial charge in [-0.25, -0.2) is 9.79 Å². The second-order valence-electron chi connectivity index (χ2n) is 8.86. The average Bonchev–Trinajstić information content (AvgIpc) is 3.27. The van der Waals surface area contributed by atoms with Gasteiger partial charge in [0, 0.05) is 5.56 Å². The van der Waals surface area contributed by atoms with Crippen LogP contribution in [0.15, 0.2) is 57.5 Å². The molecule has 0 amide bonds. The Bertz CT molecular complexity index is 1600. The Kier molecular flexibility index (Phi) is 9.31. The Hall–Kier alpha value is -4.05. The minimum atomic E-state index is -0.820. The molecule has 0 spiro atoms. The van der Waals surface area contributed by atoms with Crippen LogP contribution in [0.2, 0.25) is 0 Å². The van der Waals surface area contributed by atoms with Crippen molar-refractivity contribution in [3.63, 3.8) is 0 Å². The van der Waals surface area contributed by atoms with Gasteiger partial charge in [0.1, 0.15) is 17.5 Å². The number of carbonyl (C=O) groups is 1. The Morgan fingerprint density at radius 3 is 2.38 bits per heavy atom. The Labute approximate surface area is 236 Å². The maximum Gasteiger partial charge on any atom is 0.338 e. The van der Waals surface area contributed by atoms with Gasteiger partial charge in [0.25, 0.3) is 5.56 Å². The molecule has 40 heavy (non-hydrogen) atoms. The molecule has 1 aromatic heterocycles. The summed E-state index contributed by atoms with van der Waals surface area (Å²) in [6.45, 7) is 6.36. The predicted octanol–water partition coefficient (Wildman–Crippen LogP) is 4.00. The predicted molar refractivity (Wildman–Crippen MR) is 153 cm³/mol. The summed E-state index contributed by atoms with van der Waals surface area (Å²) in [6.07, 6.45) is 3.08. The molecule has 0 saturated carbocycles. The number of nitrogens with zero attached hydrogens (tertiary/aromatic N) is 2. The van der Waals surface area contributed by atoms with E-state index in [0.29, 0.717) is 62.2 Å². The number of aromatic nitrogens is 1. The molecule has 0 unspecified atom stereocenters. The molecule has 1 aliphatic rings. The molecule has 1 atom stereocenters. The number of hydrogen-bond donors (Lipinski definition) is 0. The number of thiazole rings is 1. The third-order valence-corrected chi connectivity index (χ3v) is 7.39. The molecule has 1 aliphatic heterocycles. The molecule has 0 saturated heterocycles. The van der Waals surface area contributed by atoms with Gasteiger partial charge in [-0.15, -0.1) is 0 Å². The maximum atomic E-state index is 14.0. The van der Waals surface area contributed by atoms with Crippen LogP contribution in [0.5, 0.6) is 23.0 Å². The third-order valence-electron chi connectivity index (χ3n) is 6.41. The lowest BCUT2D eigenvalue weighted by Crippen LogP contribution is -2.40. The molecule has 2 aromatic carbocycles. The van der Waals surface area contributed by atoms with E-state index in [1.807, 2.05) is 32.0 Å². The van der Waals surface area contributed by atoms with Gasteiger partial charge < -0.3 is 23.7 Å². The van der Waals surface area contributed by atoms with Crippen molar-refractivity contribution in [3.8, 4) is 23.0 Å². The second kappa shape index (κ2) is 12.9. The lowest BCUT2D eigenvalue weighted by atomic mass is 9.93. The molecule has 212 valence electrons. The van der Waals surface area contributed by atoms with Crippen LogP contribution in [0.25, 0.3) is 6.08 Å². The number of fused-ring (bicyclic) bond motifs is 1. The van der Waals surface area contributed by atoms with Gasteiger partial charge in [0.05, 0.1) is 50.3 Å². The first kappa shape index (κ1) is 28.9. The summed E-state index contributed by atoms with van der Waals surface area (Å²) in [5.74, 6) is 1.75. The molecule has 9 nitrogen and oxygen atoms in total. The van der Waals surface area contributed by atoms with E-state index in [9.17, 15) is 9.59 Å². The zero-order valence-electron chi connectivity index (χ0n) is 23.6. The fourth-order valence-electron chi connectivity index (χ4n) is 4.67. The van der Waals surface area contributed by atoms with Gasteiger partial charge in [-0.1, -0.05) is 30.7 Å².